The van der Waals surface area contributed by atoms with Crippen molar-refractivity contribution in [3.05, 3.63) is 102 Å². The van der Waals surface area contributed by atoms with Crippen LogP contribution in [0.2, 0.25) is 0 Å². The van der Waals surface area contributed by atoms with E-state index in [2.05, 4.69) is 15.5 Å². The molecule has 1 amide bonds. The number of nitrogens with one attached hydrogen (secondary N) is 1. The third-order valence-electron chi connectivity index (χ3n) is 4.61. The lowest BCUT2D eigenvalue weighted by atomic mass is 10.1. The van der Waals surface area contributed by atoms with E-state index < -0.39 is 0 Å². The predicted octanol–water partition coefficient (Wildman–Crippen LogP) is 4.87. The monoisotopic (exact) mass is 411 g/mol. The van der Waals surface area contributed by atoms with Gasteiger partial charge in [0.1, 0.15) is 11.5 Å². The van der Waals surface area contributed by atoms with Gasteiger partial charge in [-0.25, -0.2) is 0 Å². The first-order valence-corrected chi connectivity index (χ1v) is 9.79. The van der Waals surface area contributed by atoms with Crippen LogP contribution in [0.1, 0.15) is 15.9 Å². The highest BCUT2D eigenvalue weighted by atomic mass is 16.5. The number of methoxy groups -OCH3 is 1. The number of amides is 1. The molecule has 0 saturated heterocycles. The lowest BCUT2D eigenvalue weighted by Gasteiger charge is -2.08. The molecular weight excluding hydrogens is 390 g/mol. The van der Waals surface area contributed by atoms with E-state index in [1.807, 2.05) is 72.8 Å². The van der Waals surface area contributed by atoms with Gasteiger partial charge in [-0.1, -0.05) is 42.5 Å². The molecular formula is C25H21N3O3. The molecule has 0 radical (unpaired) electrons. The summed E-state index contributed by atoms with van der Waals surface area (Å²) in [6.07, 6.45) is 0. The Morgan fingerprint density at radius 2 is 1.65 bits per heavy atom. The third-order valence-corrected chi connectivity index (χ3v) is 4.61. The molecule has 154 valence electrons. The highest BCUT2D eigenvalue weighted by Crippen LogP contribution is 2.22. The molecule has 6 heteroatoms. The number of para-hydroxylation sites is 1. The van der Waals surface area contributed by atoms with Crippen LogP contribution in [0.15, 0.2) is 91.0 Å². The van der Waals surface area contributed by atoms with Crippen molar-refractivity contribution in [2.24, 2.45) is 0 Å². The normalized spacial score (nSPS) is 10.4. The first-order chi connectivity index (χ1) is 15.2. The summed E-state index contributed by atoms with van der Waals surface area (Å²) >= 11 is 0. The topological polar surface area (TPSA) is 73.3 Å². The largest absolute Gasteiger partial charge is 0.497 e. The number of nitrogens with zero attached hydrogens (tertiary/aromatic N) is 2. The maximum Gasteiger partial charge on any atom is 0.251 e. The Hall–Kier alpha value is -4.19. The van der Waals surface area contributed by atoms with Crippen molar-refractivity contribution in [1.29, 1.82) is 0 Å². The Morgan fingerprint density at radius 1 is 0.839 bits per heavy atom. The van der Waals surface area contributed by atoms with Gasteiger partial charge in [0.2, 0.25) is 5.88 Å². The zero-order valence-corrected chi connectivity index (χ0v) is 17.0. The minimum Gasteiger partial charge on any atom is -0.497 e. The molecule has 1 heterocycles. The standard InChI is InChI=1S/C25H21N3O3/c1-30-22-12-5-7-18(15-22)17-26-25(29)20-9-6-8-19(16-20)23-13-14-24(28-27-23)31-21-10-3-2-4-11-21/h2-16H,17H2,1H3,(H,26,29). The van der Waals surface area contributed by atoms with Crippen LogP contribution in [-0.4, -0.2) is 23.2 Å². The molecule has 1 N–H and O–H groups in total. The number of hydrogen-bond donors (Lipinski definition) is 1. The van der Waals surface area contributed by atoms with Gasteiger partial charge in [-0.2, -0.15) is 0 Å². The summed E-state index contributed by atoms with van der Waals surface area (Å²) in [6.45, 7) is 0.408. The summed E-state index contributed by atoms with van der Waals surface area (Å²) in [5.74, 6) is 1.69. The predicted molar refractivity (Wildman–Crippen MR) is 118 cm³/mol. The van der Waals surface area contributed by atoms with Crippen LogP contribution in [-0.2, 0) is 6.54 Å². The van der Waals surface area contributed by atoms with Gasteiger partial charge in [-0.05, 0) is 48.0 Å². The molecule has 31 heavy (non-hydrogen) atoms. The van der Waals surface area contributed by atoms with Gasteiger partial charge in [0.05, 0.1) is 12.8 Å². The van der Waals surface area contributed by atoms with Gasteiger partial charge in [-0.3, -0.25) is 4.79 Å². The number of hydrogen-bond acceptors (Lipinski definition) is 5. The highest BCUT2D eigenvalue weighted by molar-refractivity contribution is 5.95. The number of benzene rings is 3. The van der Waals surface area contributed by atoms with Crippen molar-refractivity contribution in [1.82, 2.24) is 15.5 Å². The molecule has 0 saturated carbocycles. The van der Waals surface area contributed by atoms with Gasteiger partial charge in [0.15, 0.2) is 0 Å². The van der Waals surface area contributed by atoms with Gasteiger partial charge < -0.3 is 14.8 Å². The van der Waals surface area contributed by atoms with E-state index in [4.69, 9.17) is 9.47 Å². The number of aromatic nitrogens is 2. The lowest BCUT2D eigenvalue weighted by molar-refractivity contribution is 0.0951. The second kappa shape index (κ2) is 9.54. The van der Waals surface area contributed by atoms with Crippen molar-refractivity contribution < 1.29 is 14.3 Å². The van der Waals surface area contributed by atoms with Crippen molar-refractivity contribution in [3.63, 3.8) is 0 Å². The molecule has 0 bridgehead atoms. The Kier molecular flexibility index (Phi) is 6.18. The Labute approximate surface area is 180 Å². The molecule has 0 unspecified atom stereocenters. The molecule has 4 rings (SSSR count). The van der Waals surface area contributed by atoms with Crippen LogP contribution < -0.4 is 14.8 Å². The van der Waals surface area contributed by atoms with Crippen LogP contribution in [0.5, 0.6) is 17.4 Å². The van der Waals surface area contributed by atoms with Crippen molar-refractivity contribution in [2.75, 3.05) is 7.11 Å². The molecule has 0 spiro atoms. The molecule has 0 aliphatic heterocycles. The molecule has 4 aromatic rings. The summed E-state index contributed by atoms with van der Waals surface area (Å²) < 4.78 is 10.9. The molecule has 0 aliphatic carbocycles. The summed E-state index contributed by atoms with van der Waals surface area (Å²) in [5, 5.41) is 11.3. The van der Waals surface area contributed by atoms with E-state index in [-0.39, 0.29) is 5.91 Å². The number of rotatable bonds is 7. The Morgan fingerprint density at radius 3 is 2.42 bits per heavy atom. The van der Waals surface area contributed by atoms with Crippen LogP contribution in [0.25, 0.3) is 11.3 Å². The van der Waals surface area contributed by atoms with E-state index in [0.29, 0.717) is 29.4 Å². The summed E-state index contributed by atoms with van der Waals surface area (Å²) in [5.41, 5.74) is 2.96. The maximum atomic E-state index is 12.6. The minimum atomic E-state index is -0.165. The highest BCUT2D eigenvalue weighted by Gasteiger charge is 2.09. The molecule has 0 aliphatic rings. The number of carbonyl (C=O) groups is 1. The van der Waals surface area contributed by atoms with E-state index >= 15 is 0 Å². The van der Waals surface area contributed by atoms with Crippen molar-refractivity contribution in [3.8, 4) is 28.6 Å². The van der Waals surface area contributed by atoms with Gasteiger partial charge in [0, 0.05) is 23.7 Å². The second-order valence-electron chi connectivity index (χ2n) is 6.79. The van der Waals surface area contributed by atoms with E-state index in [1.54, 1.807) is 25.3 Å². The fraction of sp³-hybridized carbons (Fsp3) is 0.0800. The smallest absolute Gasteiger partial charge is 0.251 e. The molecule has 0 fully saturated rings. The molecule has 1 aromatic heterocycles. The third kappa shape index (κ3) is 5.25. The number of ether oxygens (including phenoxy) is 2. The summed E-state index contributed by atoms with van der Waals surface area (Å²) in [4.78, 5) is 12.6. The van der Waals surface area contributed by atoms with Gasteiger partial charge >= 0.3 is 0 Å². The van der Waals surface area contributed by atoms with Crippen LogP contribution in [0, 0.1) is 0 Å². The van der Waals surface area contributed by atoms with Crippen LogP contribution >= 0.6 is 0 Å². The van der Waals surface area contributed by atoms with E-state index in [1.165, 1.54) is 0 Å². The second-order valence-corrected chi connectivity index (χ2v) is 6.79. The fourth-order valence-electron chi connectivity index (χ4n) is 3.02. The molecule has 0 atom stereocenters. The lowest BCUT2D eigenvalue weighted by Crippen LogP contribution is -2.22. The Bertz CT molecular complexity index is 1160. The zero-order valence-electron chi connectivity index (χ0n) is 17.0. The fourth-order valence-corrected chi connectivity index (χ4v) is 3.02. The quantitative estimate of drug-likeness (QED) is 0.469. The van der Waals surface area contributed by atoms with Crippen molar-refractivity contribution in [2.45, 2.75) is 6.54 Å². The van der Waals surface area contributed by atoms with Gasteiger partial charge in [0.25, 0.3) is 5.91 Å². The molecule has 6 nitrogen and oxygen atoms in total. The van der Waals surface area contributed by atoms with Gasteiger partial charge in [-0.15, -0.1) is 10.2 Å². The maximum absolute atomic E-state index is 12.6. The molecule has 3 aromatic carbocycles. The number of carbonyl (C=O) groups excluding carboxylic acids is 1. The van der Waals surface area contributed by atoms with E-state index in [0.717, 1.165) is 16.9 Å². The average molecular weight is 411 g/mol. The first kappa shape index (κ1) is 20.1. The zero-order chi connectivity index (χ0) is 21.5. The SMILES string of the molecule is COc1cccc(CNC(=O)c2cccc(-c3ccc(Oc4ccccc4)nn3)c2)c1. The average Bonchev–Trinajstić information content (AvgIpc) is 2.84. The summed E-state index contributed by atoms with van der Waals surface area (Å²) in [7, 11) is 1.62. The van der Waals surface area contributed by atoms with E-state index in [9.17, 15) is 4.79 Å². The minimum absolute atomic E-state index is 0.165. The van der Waals surface area contributed by atoms with Crippen LogP contribution in [0.4, 0.5) is 0 Å². The van der Waals surface area contributed by atoms with Crippen LogP contribution in [0.3, 0.4) is 0 Å². The first-order valence-electron chi connectivity index (χ1n) is 9.79. The Balaban J connectivity index is 1.43. The summed E-state index contributed by atoms with van der Waals surface area (Å²) in [6, 6.07) is 27.8. The van der Waals surface area contributed by atoms with Crippen molar-refractivity contribution >= 4 is 5.91 Å².